The zero-order chi connectivity index (χ0) is 12.3. The first-order chi connectivity index (χ1) is 8.07. The molecule has 0 bridgehead atoms. The van der Waals surface area contributed by atoms with Crippen molar-refractivity contribution >= 4 is 16.8 Å². The molecule has 1 aliphatic heterocycles. The monoisotopic (exact) mass is 248 g/mol. The normalized spacial score (nSPS) is 23.6. The highest BCUT2D eigenvalue weighted by atomic mass is 32.2. The highest BCUT2D eigenvalue weighted by Crippen LogP contribution is 2.35. The van der Waals surface area contributed by atoms with E-state index in [0.717, 1.165) is 12.8 Å². The van der Waals surface area contributed by atoms with Gasteiger partial charge in [0, 0.05) is 6.42 Å². The standard InChI is InChI=1S/C14H20N2S/c1-11(2)10-14(3)16-15-13(17-14)9-12-7-5-4-6-8-12/h4-8,11,16H,9-10H2,1-3H3/t14-/m0/s1. The Morgan fingerprint density at radius 1 is 1.29 bits per heavy atom. The predicted octanol–water partition coefficient (Wildman–Crippen LogP) is 3.64. The fourth-order valence-corrected chi connectivity index (χ4v) is 3.56. The van der Waals surface area contributed by atoms with Gasteiger partial charge in [-0.15, -0.1) is 0 Å². The smallest absolute Gasteiger partial charge is 0.103 e. The Morgan fingerprint density at radius 2 is 2.00 bits per heavy atom. The summed E-state index contributed by atoms with van der Waals surface area (Å²) in [4.78, 5) is 0.0816. The van der Waals surface area contributed by atoms with Gasteiger partial charge in [-0.3, -0.25) is 5.43 Å². The molecule has 0 unspecified atom stereocenters. The summed E-state index contributed by atoms with van der Waals surface area (Å²) in [5.41, 5.74) is 4.61. The predicted molar refractivity (Wildman–Crippen MR) is 76.2 cm³/mol. The molecule has 1 heterocycles. The minimum absolute atomic E-state index is 0.0816. The van der Waals surface area contributed by atoms with Crippen LogP contribution in [0, 0.1) is 5.92 Å². The molecule has 0 saturated heterocycles. The molecule has 0 radical (unpaired) electrons. The van der Waals surface area contributed by atoms with Crippen LogP contribution in [0.1, 0.15) is 32.8 Å². The van der Waals surface area contributed by atoms with Gasteiger partial charge < -0.3 is 0 Å². The van der Waals surface area contributed by atoms with Gasteiger partial charge in [0.25, 0.3) is 0 Å². The van der Waals surface area contributed by atoms with Crippen LogP contribution in [0.2, 0.25) is 0 Å². The van der Waals surface area contributed by atoms with Crippen molar-refractivity contribution in [2.24, 2.45) is 11.0 Å². The molecule has 2 rings (SSSR count). The second-order valence-corrected chi connectivity index (χ2v) is 6.79. The Bertz CT molecular complexity index is 400. The van der Waals surface area contributed by atoms with E-state index in [1.165, 1.54) is 10.6 Å². The lowest BCUT2D eigenvalue weighted by atomic mass is 10.1. The van der Waals surface area contributed by atoms with Crippen molar-refractivity contribution in [1.82, 2.24) is 5.43 Å². The van der Waals surface area contributed by atoms with Crippen LogP contribution >= 0.6 is 11.8 Å². The fraction of sp³-hybridized carbons (Fsp3) is 0.500. The molecule has 0 saturated carbocycles. The number of hydrazone groups is 1. The summed E-state index contributed by atoms with van der Waals surface area (Å²) < 4.78 is 0. The molecule has 1 aromatic rings. The van der Waals surface area contributed by atoms with Gasteiger partial charge in [0.05, 0.1) is 5.04 Å². The van der Waals surface area contributed by atoms with Crippen molar-refractivity contribution in [2.75, 3.05) is 0 Å². The number of benzene rings is 1. The molecule has 1 aromatic carbocycles. The average molecular weight is 248 g/mol. The number of nitrogens with zero attached hydrogens (tertiary/aromatic N) is 1. The largest absolute Gasteiger partial charge is 0.293 e. The summed E-state index contributed by atoms with van der Waals surface area (Å²) in [5.74, 6) is 0.686. The van der Waals surface area contributed by atoms with Crippen LogP contribution in [0.5, 0.6) is 0 Å². The molecule has 92 valence electrons. The van der Waals surface area contributed by atoms with Gasteiger partial charge in [0.2, 0.25) is 0 Å². The molecule has 1 N–H and O–H groups in total. The molecule has 0 amide bonds. The van der Waals surface area contributed by atoms with E-state index in [0.29, 0.717) is 5.92 Å². The summed E-state index contributed by atoms with van der Waals surface area (Å²) >= 11 is 1.88. The van der Waals surface area contributed by atoms with Crippen molar-refractivity contribution in [3.63, 3.8) is 0 Å². The van der Waals surface area contributed by atoms with E-state index in [9.17, 15) is 0 Å². The van der Waals surface area contributed by atoms with Crippen LogP contribution in [-0.2, 0) is 6.42 Å². The molecule has 0 spiro atoms. The van der Waals surface area contributed by atoms with Crippen LogP contribution in [0.15, 0.2) is 35.4 Å². The summed E-state index contributed by atoms with van der Waals surface area (Å²) in [6.07, 6.45) is 2.08. The van der Waals surface area contributed by atoms with E-state index in [2.05, 4.69) is 55.6 Å². The maximum atomic E-state index is 4.47. The van der Waals surface area contributed by atoms with Gasteiger partial charge in [-0.25, -0.2) is 0 Å². The van der Waals surface area contributed by atoms with E-state index in [-0.39, 0.29) is 4.87 Å². The molecular formula is C14H20N2S. The number of nitrogens with one attached hydrogen (secondary N) is 1. The van der Waals surface area contributed by atoms with Crippen molar-refractivity contribution in [3.05, 3.63) is 35.9 Å². The lowest BCUT2D eigenvalue weighted by molar-refractivity contribution is 0.423. The lowest BCUT2D eigenvalue weighted by Crippen LogP contribution is -2.33. The van der Waals surface area contributed by atoms with Crippen molar-refractivity contribution in [3.8, 4) is 0 Å². The van der Waals surface area contributed by atoms with Gasteiger partial charge in [-0.05, 0) is 24.8 Å². The second kappa shape index (κ2) is 5.13. The number of hydrogen-bond donors (Lipinski definition) is 1. The van der Waals surface area contributed by atoms with E-state index >= 15 is 0 Å². The first kappa shape index (κ1) is 12.5. The third kappa shape index (κ3) is 3.50. The number of hydrogen-bond acceptors (Lipinski definition) is 3. The third-order valence-corrected chi connectivity index (χ3v) is 3.94. The third-order valence-electron chi connectivity index (χ3n) is 2.76. The SMILES string of the molecule is CC(C)C[C@@]1(C)NN=C(Cc2ccccc2)S1. The highest BCUT2D eigenvalue weighted by molar-refractivity contribution is 8.15. The molecule has 1 atom stereocenters. The zero-order valence-corrected chi connectivity index (χ0v) is 11.6. The average Bonchev–Trinajstić information content (AvgIpc) is 2.60. The van der Waals surface area contributed by atoms with E-state index < -0.39 is 0 Å². The quantitative estimate of drug-likeness (QED) is 0.879. The number of thioether (sulfide) groups is 1. The van der Waals surface area contributed by atoms with Crippen molar-refractivity contribution in [1.29, 1.82) is 0 Å². The number of rotatable bonds is 4. The maximum absolute atomic E-state index is 4.47. The van der Waals surface area contributed by atoms with Crippen LogP contribution in [-0.4, -0.2) is 9.91 Å². The van der Waals surface area contributed by atoms with Crippen LogP contribution in [0.25, 0.3) is 0 Å². The Balaban J connectivity index is 1.94. The van der Waals surface area contributed by atoms with Crippen LogP contribution in [0.4, 0.5) is 0 Å². The first-order valence-electron chi connectivity index (χ1n) is 6.14. The summed E-state index contributed by atoms with van der Waals surface area (Å²) in [6, 6.07) is 10.5. The van der Waals surface area contributed by atoms with Gasteiger partial charge >= 0.3 is 0 Å². The molecule has 1 aliphatic rings. The zero-order valence-electron chi connectivity index (χ0n) is 10.7. The molecule has 17 heavy (non-hydrogen) atoms. The summed E-state index contributed by atoms with van der Waals surface area (Å²) in [6.45, 7) is 6.74. The fourth-order valence-electron chi connectivity index (χ4n) is 2.20. The molecule has 0 aromatic heterocycles. The van der Waals surface area contributed by atoms with Gasteiger partial charge in [0.1, 0.15) is 4.87 Å². The maximum Gasteiger partial charge on any atom is 0.103 e. The second-order valence-electron chi connectivity index (χ2n) is 5.21. The minimum Gasteiger partial charge on any atom is -0.293 e. The topological polar surface area (TPSA) is 24.4 Å². The Kier molecular flexibility index (Phi) is 3.77. The van der Waals surface area contributed by atoms with Gasteiger partial charge in [-0.2, -0.15) is 5.10 Å². The van der Waals surface area contributed by atoms with Crippen LogP contribution < -0.4 is 5.43 Å². The lowest BCUT2D eigenvalue weighted by Gasteiger charge is -2.24. The molecule has 3 heteroatoms. The molecule has 0 fully saturated rings. The Labute approximate surface area is 108 Å². The first-order valence-corrected chi connectivity index (χ1v) is 6.96. The van der Waals surface area contributed by atoms with E-state index in [1.54, 1.807) is 0 Å². The molecule has 0 aliphatic carbocycles. The van der Waals surface area contributed by atoms with Crippen LogP contribution in [0.3, 0.4) is 0 Å². The van der Waals surface area contributed by atoms with E-state index in [1.807, 2.05) is 17.8 Å². The Hall–Kier alpha value is -0.960. The minimum atomic E-state index is 0.0816. The van der Waals surface area contributed by atoms with Gasteiger partial charge in [-0.1, -0.05) is 55.9 Å². The Morgan fingerprint density at radius 3 is 2.65 bits per heavy atom. The van der Waals surface area contributed by atoms with E-state index in [4.69, 9.17) is 0 Å². The van der Waals surface area contributed by atoms with Crippen molar-refractivity contribution in [2.45, 2.75) is 38.5 Å². The van der Waals surface area contributed by atoms with Gasteiger partial charge in [0.15, 0.2) is 0 Å². The summed E-state index contributed by atoms with van der Waals surface area (Å²) in [5, 5.41) is 5.66. The van der Waals surface area contributed by atoms with Crippen molar-refractivity contribution < 1.29 is 0 Å². The highest BCUT2D eigenvalue weighted by Gasteiger charge is 2.32. The summed E-state index contributed by atoms with van der Waals surface area (Å²) in [7, 11) is 0. The molecular weight excluding hydrogens is 228 g/mol. The molecule has 2 nitrogen and oxygen atoms in total.